The van der Waals surface area contributed by atoms with Crippen LogP contribution in [0.4, 0.5) is 0 Å². The highest BCUT2D eigenvalue weighted by Gasteiger charge is 2.16. The molecule has 0 spiro atoms. The summed E-state index contributed by atoms with van der Waals surface area (Å²) in [6, 6.07) is 0.339. The van der Waals surface area contributed by atoms with E-state index in [1.54, 1.807) is 6.92 Å². The number of rotatable bonds is 7. The molecule has 1 atom stereocenters. The monoisotopic (exact) mass is 241 g/mol. The second-order valence-corrected chi connectivity index (χ2v) is 4.73. The zero-order chi connectivity index (χ0) is 12.8. The van der Waals surface area contributed by atoms with Crippen LogP contribution in [0.3, 0.4) is 0 Å². The lowest BCUT2D eigenvalue weighted by Crippen LogP contribution is -2.36. The van der Waals surface area contributed by atoms with Crippen molar-refractivity contribution in [2.24, 2.45) is 0 Å². The van der Waals surface area contributed by atoms with Crippen LogP contribution < -0.4 is 0 Å². The first-order chi connectivity index (χ1) is 8.02. The molecule has 1 unspecified atom stereocenters. The lowest BCUT2D eigenvalue weighted by atomic mass is 10.2. The minimum absolute atomic E-state index is 0.339. The van der Waals surface area contributed by atoms with Gasteiger partial charge in [-0.2, -0.15) is 4.98 Å². The first-order valence-corrected chi connectivity index (χ1v) is 6.26. The highest BCUT2D eigenvalue weighted by molar-refractivity contribution is 4.87. The van der Waals surface area contributed by atoms with Gasteiger partial charge in [0.05, 0.1) is 12.6 Å². The Morgan fingerprint density at radius 3 is 2.59 bits per heavy atom. The Morgan fingerprint density at radius 2 is 2.06 bits per heavy atom. The number of aryl methyl sites for hydroxylation is 1. The summed E-state index contributed by atoms with van der Waals surface area (Å²) in [6.07, 6.45) is 1.51. The second-order valence-electron chi connectivity index (χ2n) is 4.73. The Labute approximate surface area is 103 Å². The fourth-order valence-corrected chi connectivity index (χ4v) is 1.65. The molecule has 0 radical (unpaired) electrons. The summed E-state index contributed by atoms with van der Waals surface area (Å²) < 4.78 is 5.20. The molecular weight excluding hydrogens is 218 g/mol. The van der Waals surface area contributed by atoms with Gasteiger partial charge in [-0.1, -0.05) is 12.1 Å². The normalized spacial score (nSPS) is 13.6. The van der Waals surface area contributed by atoms with Crippen molar-refractivity contribution in [2.75, 3.05) is 6.54 Å². The summed E-state index contributed by atoms with van der Waals surface area (Å²) >= 11 is 0. The molecule has 0 fully saturated rings. The van der Waals surface area contributed by atoms with E-state index in [0.717, 1.165) is 18.7 Å². The first-order valence-electron chi connectivity index (χ1n) is 6.26. The van der Waals surface area contributed by atoms with Crippen molar-refractivity contribution in [1.82, 2.24) is 15.0 Å². The second kappa shape index (κ2) is 6.71. The van der Waals surface area contributed by atoms with Gasteiger partial charge in [0.15, 0.2) is 5.82 Å². The molecule has 1 aromatic heterocycles. The van der Waals surface area contributed by atoms with Crippen LogP contribution in [-0.4, -0.2) is 38.8 Å². The minimum atomic E-state index is -0.351. The molecule has 0 amide bonds. The number of aromatic nitrogens is 2. The lowest BCUT2D eigenvalue weighted by molar-refractivity contribution is 0.0943. The Kier molecular flexibility index (Phi) is 5.58. The standard InChI is InChI=1S/C12H23N3O2/c1-5-6-11-13-12(17-14-11)8-15(9(2)3)7-10(4)16/h9-10,16H,5-8H2,1-4H3. The van der Waals surface area contributed by atoms with E-state index in [-0.39, 0.29) is 6.10 Å². The molecule has 1 aromatic rings. The minimum Gasteiger partial charge on any atom is -0.392 e. The van der Waals surface area contributed by atoms with Crippen molar-refractivity contribution in [1.29, 1.82) is 0 Å². The molecule has 1 heterocycles. The molecular formula is C12H23N3O2. The Balaban J connectivity index is 2.58. The molecule has 1 N–H and O–H groups in total. The summed E-state index contributed by atoms with van der Waals surface area (Å²) in [5.41, 5.74) is 0. The van der Waals surface area contributed by atoms with Crippen molar-refractivity contribution in [3.05, 3.63) is 11.7 Å². The predicted molar refractivity (Wildman–Crippen MR) is 65.5 cm³/mol. The summed E-state index contributed by atoms with van der Waals surface area (Å²) in [5, 5.41) is 13.4. The Bertz CT molecular complexity index is 323. The first kappa shape index (κ1) is 14.1. The van der Waals surface area contributed by atoms with Gasteiger partial charge in [0.25, 0.3) is 0 Å². The summed E-state index contributed by atoms with van der Waals surface area (Å²) in [5.74, 6) is 1.39. The molecule has 0 aliphatic carbocycles. The van der Waals surface area contributed by atoms with Crippen molar-refractivity contribution in [3.8, 4) is 0 Å². The maximum Gasteiger partial charge on any atom is 0.240 e. The van der Waals surface area contributed by atoms with Crippen LogP contribution in [0.5, 0.6) is 0 Å². The molecule has 5 nitrogen and oxygen atoms in total. The third kappa shape index (κ3) is 4.83. The lowest BCUT2D eigenvalue weighted by Gasteiger charge is -2.25. The average molecular weight is 241 g/mol. The number of nitrogens with zero attached hydrogens (tertiary/aromatic N) is 3. The van der Waals surface area contributed by atoms with Crippen LogP contribution >= 0.6 is 0 Å². The van der Waals surface area contributed by atoms with E-state index >= 15 is 0 Å². The zero-order valence-corrected chi connectivity index (χ0v) is 11.2. The van der Waals surface area contributed by atoms with Gasteiger partial charge in [-0.05, 0) is 27.2 Å². The van der Waals surface area contributed by atoms with E-state index in [1.807, 2.05) is 0 Å². The Morgan fingerprint density at radius 1 is 1.35 bits per heavy atom. The quantitative estimate of drug-likeness (QED) is 0.786. The number of hydrogen-bond donors (Lipinski definition) is 1. The average Bonchev–Trinajstić information content (AvgIpc) is 2.64. The van der Waals surface area contributed by atoms with Crippen LogP contribution in [-0.2, 0) is 13.0 Å². The van der Waals surface area contributed by atoms with Gasteiger partial charge >= 0.3 is 0 Å². The van der Waals surface area contributed by atoms with E-state index in [9.17, 15) is 5.11 Å². The van der Waals surface area contributed by atoms with Gasteiger partial charge in [-0.15, -0.1) is 0 Å². The number of aliphatic hydroxyl groups excluding tert-OH is 1. The molecule has 0 saturated heterocycles. The third-order valence-corrected chi connectivity index (χ3v) is 2.55. The van der Waals surface area contributed by atoms with Gasteiger partial charge in [-0.25, -0.2) is 0 Å². The smallest absolute Gasteiger partial charge is 0.240 e. The van der Waals surface area contributed by atoms with Crippen LogP contribution in [0.2, 0.25) is 0 Å². The summed E-state index contributed by atoms with van der Waals surface area (Å²) in [7, 11) is 0. The SMILES string of the molecule is CCCc1noc(CN(CC(C)O)C(C)C)n1. The topological polar surface area (TPSA) is 62.4 Å². The molecule has 1 rings (SSSR count). The molecule has 0 aromatic carbocycles. The van der Waals surface area contributed by atoms with Crippen LogP contribution in [0, 0.1) is 0 Å². The molecule has 0 aliphatic rings. The molecule has 0 aliphatic heterocycles. The van der Waals surface area contributed by atoms with E-state index in [4.69, 9.17) is 4.52 Å². The molecule has 17 heavy (non-hydrogen) atoms. The molecule has 0 bridgehead atoms. The van der Waals surface area contributed by atoms with Crippen molar-refractivity contribution < 1.29 is 9.63 Å². The summed E-state index contributed by atoms with van der Waals surface area (Å²) in [6.45, 7) is 9.26. The van der Waals surface area contributed by atoms with Crippen molar-refractivity contribution in [2.45, 2.75) is 59.2 Å². The maximum absolute atomic E-state index is 9.43. The fraction of sp³-hybridized carbons (Fsp3) is 0.833. The highest BCUT2D eigenvalue weighted by atomic mass is 16.5. The van der Waals surface area contributed by atoms with Crippen LogP contribution in [0.1, 0.15) is 45.8 Å². The maximum atomic E-state index is 9.43. The van der Waals surface area contributed by atoms with E-state index in [2.05, 4.69) is 35.8 Å². The van der Waals surface area contributed by atoms with Crippen LogP contribution in [0.15, 0.2) is 4.52 Å². The van der Waals surface area contributed by atoms with Gasteiger partial charge < -0.3 is 9.63 Å². The van der Waals surface area contributed by atoms with E-state index in [1.165, 1.54) is 0 Å². The van der Waals surface area contributed by atoms with Gasteiger partial charge in [-0.3, -0.25) is 4.90 Å². The van der Waals surface area contributed by atoms with Crippen molar-refractivity contribution >= 4 is 0 Å². The number of hydrogen-bond acceptors (Lipinski definition) is 5. The summed E-state index contributed by atoms with van der Waals surface area (Å²) in [4.78, 5) is 6.45. The van der Waals surface area contributed by atoms with Crippen LogP contribution in [0.25, 0.3) is 0 Å². The predicted octanol–water partition coefficient (Wildman–Crippen LogP) is 1.61. The van der Waals surface area contributed by atoms with E-state index in [0.29, 0.717) is 25.0 Å². The van der Waals surface area contributed by atoms with Gasteiger partial charge in [0.1, 0.15) is 0 Å². The van der Waals surface area contributed by atoms with Crippen molar-refractivity contribution in [3.63, 3.8) is 0 Å². The zero-order valence-electron chi connectivity index (χ0n) is 11.2. The largest absolute Gasteiger partial charge is 0.392 e. The van der Waals surface area contributed by atoms with E-state index < -0.39 is 0 Å². The molecule has 0 saturated carbocycles. The molecule has 5 heteroatoms. The van der Waals surface area contributed by atoms with Gasteiger partial charge in [0, 0.05) is 19.0 Å². The highest BCUT2D eigenvalue weighted by Crippen LogP contribution is 2.08. The third-order valence-electron chi connectivity index (χ3n) is 2.55. The van der Waals surface area contributed by atoms with Gasteiger partial charge in [0.2, 0.25) is 5.89 Å². The fourth-order valence-electron chi connectivity index (χ4n) is 1.65. The number of aliphatic hydroxyl groups is 1. The Hall–Kier alpha value is -0.940. The molecule has 98 valence electrons.